The summed E-state index contributed by atoms with van der Waals surface area (Å²) in [5, 5.41) is 12.6. The van der Waals surface area contributed by atoms with Crippen LogP contribution in [-0.4, -0.2) is 35.3 Å². The molecule has 0 radical (unpaired) electrons. The van der Waals surface area contributed by atoms with E-state index in [1.54, 1.807) is 24.7 Å². The van der Waals surface area contributed by atoms with Gasteiger partial charge in [-0.3, -0.25) is 9.48 Å². The number of carbonyl (C=O) groups is 1. The number of carbonyl (C=O) groups excluding carboxylic acids is 1. The van der Waals surface area contributed by atoms with E-state index in [9.17, 15) is 4.79 Å². The first-order valence-electron chi connectivity index (χ1n) is 12.5. The van der Waals surface area contributed by atoms with Gasteiger partial charge < -0.3 is 16.0 Å². The summed E-state index contributed by atoms with van der Waals surface area (Å²) in [6.07, 6.45) is 5.10. The summed E-state index contributed by atoms with van der Waals surface area (Å²) in [5.74, 6) is 6.43. The molecule has 6 aromatic rings. The molecule has 9 nitrogen and oxygen atoms in total. The van der Waals surface area contributed by atoms with Crippen LogP contribution in [0.4, 0.5) is 5.82 Å². The normalized spacial score (nSPS) is 11.9. The number of nitrogen functional groups attached to an aromatic ring is 1. The van der Waals surface area contributed by atoms with Gasteiger partial charge in [0.2, 0.25) is 0 Å². The summed E-state index contributed by atoms with van der Waals surface area (Å²) in [7, 11) is 1.90. The Balaban J connectivity index is 1.46. The van der Waals surface area contributed by atoms with Gasteiger partial charge in [-0.15, -0.1) is 5.10 Å². The van der Waals surface area contributed by atoms with Crippen molar-refractivity contribution in [2.24, 2.45) is 7.05 Å². The lowest BCUT2D eigenvalue weighted by molar-refractivity contribution is 0.0941. The number of anilines is 1. The van der Waals surface area contributed by atoms with Gasteiger partial charge >= 0.3 is 0 Å². The fraction of sp³-hybridized carbons (Fsp3) is 0.133. The lowest BCUT2D eigenvalue weighted by Crippen LogP contribution is -2.28. The van der Waals surface area contributed by atoms with E-state index in [4.69, 9.17) is 5.73 Å². The second-order valence-electron chi connectivity index (χ2n) is 9.37. The van der Waals surface area contributed by atoms with E-state index < -0.39 is 0 Å². The van der Waals surface area contributed by atoms with Gasteiger partial charge in [0.05, 0.1) is 23.5 Å². The van der Waals surface area contributed by atoms with Crippen molar-refractivity contribution >= 4 is 28.3 Å². The Morgan fingerprint density at radius 1 is 1.08 bits per heavy atom. The lowest BCUT2D eigenvalue weighted by atomic mass is 9.96. The van der Waals surface area contributed by atoms with Crippen LogP contribution in [-0.2, 0) is 7.05 Å². The minimum Gasteiger partial charge on any atom is -0.381 e. The van der Waals surface area contributed by atoms with Gasteiger partial charge in [-0.25, -0.2) is 9.50 Å². The predicted octanol–water partition coefficient (Wildman–Crippen LogP) is 4.39. The molecule has 0 spiro atoms. The summed E-state index contributed by atoms with van der Waals surface area (Å²) in [5.41, 5.74) is 13.3. The van der Waals surface area contributed by atoms with Gasteiger partial charge in [-0.05, 0) is 37.6 Å². The molecular weight excluding hydrogens is 488 g/mol. The molecule has 1 atom stereocenters. The zero-order valence-electron chi connectivity index (χ0n) is 21.7. The van der Waals surface area contributed by atoms with E-state index in [0.29, 0.717) is 5.65 Å². The third-order valence-electron chi connectivity index (χ3n) is 6.91. The number of rotatable bonds is 4. The smallest absolute Gasteiger partial charge is 0.259 e. The van der Waals surface area contributed by atoms with E-state index >= 15 is 0 Å². The van der Waals surface area contributed by atoms with E-state index in [2.05, 4.69) is 49.5 Å². The van der Waals surface area contributed by atoms with Crippen molar-refractivity contribution < 1.29 is 4.79 Å². The number of hydrogen-bond acceptors (Lipinski definition) is 5. The van der Waals surface area contributed by atoms with E-state index in [1.165, 1.54) is 4.52 Å². The number of nitrogens with two attached hydrogens (primary N) is 1. The maximum absolute atomic E-state index is 13.4. The molecule has 2 aromatic carbocycles. The van der Waals surface area contributed by atoms with E-state index in [0.717, 1.165) is 44.5 Å². The summed E-state index contributed by atoms with van der Waals surface area (Å²) in [6, 6.07) is 17.5. The van der Waals surface area contributed by atoms with Crippen molar-refractivity contribution in [1.82, 2.24) is 34.7 Å². The van der Waals surface area contributed by atoms with Crippen LogP contribution in [0.1, 0.15) is 45.8 Å². The highest BCUT2D eigenvalue weighted by molar-refractivity contribution is 6.05. The summed E-state index contributed by atoms with van der Waals surface area (Å²) < 4.78 is 3.31. The van der Waals surface area contributed by atoms with Crippen LogP contribution in [0.25, 0.3) is 27.7 Å². The van der Waals surface area contributed by atoms with Crippen LogP contribution < -0.4 is 11.1 Å². The number of amides is 1. The molecular formula is C30H26N8O. The Morgan fingerprint density at radius 3 is 2.64 bits per heavy atom. The van der Waals surface area contributed by atoms with Gasteiger partial charge in [-0.2, -0.15) is 5.10 Å². The molecule has 4 heterocycles. The van der Waals surface area contributed by atoms with Crippen molar-refractivity contribution in [3.8, 4) is 23.0 Å². The highest BCUT2D eigenvalue weighted by Crippen LogP contribution is 2.37. The molecule has 4 N–H and O–H groups in total. The molecule has 4 aromatic heterocycles. The summed E-state index contributed by atoms with van der Waals surface area (Å²) >= 11 is 0. The molecule has 6 rings (SSSR count). The van der Waals surface area contributed by atoms with Crippen LogP contribution in [0, 0.1) is 18.8 Å². The molecule has 39 heavy (non-hydrogen) atoms. The number of fused-ring (bicyclic) bond motifs is 2. The highest BCUT2D eigenvalue weighted by atomic mass is 16.1. The third-order valence-corrected chi connectivity index (χ3v) is 6.91. The molecule has 0 saturated carbocycles. The molecule has 9 heteroatoms. The monoisotopic (exact) mass is 514 g/mol. The van der Waals surface area contributed by atoms with Crippen molar-refractivity contribution in [1.29, 1.82) is 0 Å². The van der Waals surface area contributed by atoms with Gasteiger partial charge in [0.1, 0.15) is 5.56 Å². The van der Waals surface area contributed by atoms with Crippen LogP contribution in [0.3, 0.4) is 0 Å². The number of nitrogens with zero attached hydrogens (tertiary/aromatic N) is 5. The Labute approximate surface area is 224 Å². The summed E-state index contributed by atoms with van der Waals surface area (Å²) in [6.45, 7) is 3.94. The maximum Gasteiger partial charge on any atom is 0.259 e. The maximum atomic E-state index is 13.4. The number of aromatic amines is 1. The van der Waals surface area contributed by atoms with Gasteiger partial charge in [0.25, 0.3) is 5.91 Å². The van der Waals surface area contributed by atoms with E-state index in [1.807, 2.05) is 62.0 Å². The molecule has 1 unspecified atom stereocenters. The van der Waals surface area contributed by atoms with Crippen LogP contribution in [0.5, 0.6) is 0 Å². The molecule has 0 fully saturated rings. The fourth-order valence-corrected chi connectivity index (χ4v) is 4.82. The summed E-state index contributed by atoms with van der Waals surface area (Å²) in [4.78, 5) is 21.3. The Hall–Kier alpha value is -5.36. The van der Waals surface area contributed by atoms with Gasteiger partial charge in [0, 0.05) is 47.2 Å². The molecule has 192 valence electrons. The number of benzene rings is 2. The zero-order chi connectivity index (χ0) is 27.1. The van der Waals surface area contributed by atoms with Gasteiger partial charge in [-0.1, -0.05) is 48.2 Å². The Morgan fingerprint density at radius 2 is 1.87 bits per heavy atom. The minimum absolute atomic E-state index is 0.126. The molecule has 0 bridgehead atoms. The number of H-pyrrole nitrogens is 1. The number of aryl methyl sites for hydroxylation is 1. The average molecular weight is 515 g/mol. The van der Waals surface area contributed by atoms with Crippen molar-refractivity contribution in [2.75, 3.05) is 5.73 Å². The first-order valence-corrected chi connectivity index (χ1v) is 12.5. The fourth-order valence-electron chi connectivity index (χ4n) is 4.82. The number of hydrogen-bond donors (Lipinski definition) is 3. The molecule has 0 aliphatic rings. The molecule has 0 aliphatic heterocycles. The quantitative estimate of drug-likeness (QED) is 0.302. The number of nitrogens with one attached hydrogen (secondary N) is 2. The van der Waals surface area contributed by atoms with Crippen LogP contribution >= 0.6 is 0 Å². The second kappa shape index (κ2) is 9.50. The Kier molecular flexibility index (Phi) is 5.85. The van der Waals surface area contributed by atoms with E-state index in [-0.39, 0.29) is 23.3 Å². The topological polar surface area (TPSA) is 119 Å². The lowest BCUT2D eigenvalue weighted by Gasteiger charge is -2.15. The van der Waals surface area contributed by atoms with Crippen molar-refractivity contribution in [3.05, 3.63) is 101 Å². The van der Waals surface area contributed by atoms with Crippen LogP contribution in [0.2, 0.25) is 0 Å². The molecule has 0 aliphatic carbocycles. The van der Waals surface area contributed by atoms with Crippen molar-refractivity contribution in [3.63, 3.8) is 0 Å². The standard InChI is InChI=1S/C30H26N8O/c1-18(34-30(39)26-28(31)36-38-16-8-15-32-29(26)38)27-25(20-9-5-4-6-10-20)24-21(11-7-12-23(24)35-27)13-14-22-17-33-37(3)19(22)2/h4-12,15-18,35H,1-3H3,(H2,31,36)(H,34,39). The minimum atomic E-state index is -0.389. The first kappa shape index (κ1) is 24.0. The van der Waals surface area contributed by atoms with Crippen LogP contribution in [0.15, 0.2) is 73.2 Å². The van der Waals surface area contributed by atoms with Gasteiger partial charge in [0.15, 0.2) is 11.5 Å². The predicted molar refractivity (Wildman–Crippen MR) is 151 cm³/mol. The SMILES string of the molecule is Cc1c(C#Cc2cccc3[nH]c(C(C)NC(=O)c4c(N)nn5cccnc45)c(-c4ccccc4)c23)cnn1C. The largest absolute Gasteiger partial charge is 0.381 e. The van der Waals surface area contributed by atoms with Crippen molar-refractivity contribution in [2.45, 2.75) is 19.9 Å². The molecule has 0 saturated heterocycles. The average Bonchev–Trinajstić information content (AvgIpc) is 3.60. The Bertz CT molecular complexity index is 1920. The highest BCUT2D eigenvalue weighted by Gasteiger charge is 2.25. The molecule has 1 amide bonds. The second-order valence-corrected chi connectivity index (χ2v) is 9.37. The zero-order valence-corrected chi connectivity index (χ0v) is 21.7. The number of aromatic nitrogens is 6. The first-order chi connectivity index (χ1) is 18.9. The third kappa shape index (κ3) is 4.18.